The number of imide groups is 4. The highest BCUT2D eigenvalue weighted by Crippen LogP contribution is 2.02. The van der Waals surface area contributed by atoms with E-state index in [0.717, 1.165) is 50.8 Å². The standard InChI is InChI=1S/C9H14N2O4.C6H5NO4.C3H9N.CH4/c1-3-6-10-7(12)4-5-8(13)11-9(14)15-2;8-3-6(11)7-4(9)1-2-5(7)10;1-2-3-4;/h4-5H,3,6H2,1-2H3,(H,10,12)(H,11,13,14);1-2,8H,3H2;2-4H2,1H3;1H4. The molecule has 0 aromatic heterocycles. The fourth-order valence-electron chi connectivity index (χ4n) is 1.37. The lowest BCUT2D eigenvalue weighted by Gasteiger charge is -2.08. The predicted molar refractivity (Wildman–Crippen MR) is 112 cm³/mol. The minimum absolute atomic E-state index is 0. The molecule has 0 aromatic rings. The smallest absolute Gasteiger partial charge is 0.413 e. The van der Waals surface area contributed by atoms with Crippen molar-refractivity contribution in [2.45, 2.75) is 34.1 Å². The Labute approximate surface area is 181 Å². The van der Waals surface area contributed by atoms with Gasteiger partial charge in [0.25, 0.3) is 23.6 Å². The zero-order valence-electron chi connectivity index (χ0n) is 17.2. The van der Waals surface area contributed by atoms with Crippen molar-refractivity contribution in [3.05, 3.63) is 24.3 Å². The van der Waals surface area contributed by atoms with Crippen LogP contribution in [0, 0.1) is 0 Å². The van der Waals surface area contributed by atoms with E-state index >= 15 is 0 Å². The van der Waals surface area contributed by atoms with Gasteiger partial charge in [-0.2, -0.15) is 0 Å². The fourth-order valence-corrected chi connectivity index (χ4v) is 1.37. The maximum absolute atomic E-state index is 11.0. The van der Waals surface area contributed by atoms with E-state index in [9.17, 15) is 28.8 Å². The van der Waals surface area contributed by atoms with Gasteiger partial charge in [-0.15, -0.1) is 0 Å². The van der Waals surface area contributed by atoms with Gasteiger partial charge in [-0.05, 0) is 19.4 Å². The Morgan fingerprint density at radius 1 is 1.06 bits per heavy atom. The first kappa shape index (κ1) is 32.3. The molecule has 6 amide bonds. The third-order valence-electron chi connectivity index (χ3n) is 2.83. The molecule has 12 heteroatoms. The molecule has 1 heterocycles. The monoisotopic (exact) mass is 444 g/mol. The molecule has 1 aliphatic heterocycles. The van der Waals surface area contributed by atoms with E-state index in [2.05, 4.69) is 17.0 Å². The molecule has 0 unspecified atom stereocenters. The quantitative estimate of drug-likeness (QED) is 0.306. The summed E-state index contributed by atoms with van der Waals surface area (Å²) >= 11 is 0. The van der Waals surface area contributed by atoms with Gasteiger partial charge in [-0.1, -0.05) is 21.3 Å². The molecule has 0 atom stereocenters. The number of rotatable bonds is 6. The van der Waals surface area contributed by atoms with Crippen molar-refractivity contribution in [3.8, 4) is 0 Å². The molecule has 1 aliphatic rings. The number of hydrogen-bond acceptors (Lipinski definition) is 9. The number of alkyl carbamates (subject to hydrolysis) is 1. The molecule has 0 saturated heterocycles. The van der Waals surface area contributed by atoms with Gasteiger partial charge in [0.15, 0.2) is 0 Å². The van der Waals surface area contributed by atoms with E-state index in [4.69, 9.17) is 10.8 Å². The third kappa shape index (κ3) is 16.1. The Morgan fingerprint density at radius 2 is 1.55 bits per heavy atom. The zero-order chi connectivity index (χ0) is 23.5. The Balaban J connectivity index is -0.000000430. The molecule has 0 bridgehead atoms. The van der Waals surface area contributed by atoms with Crippen LogP contribution in [0.2, 0.25) is 0 Å². The Hall–Kier alpha value is -3.38. The molecule has 0 aliphatic carbocycles. The molecule has 5 N–H and O–H groups in total. The van der Waals surface area contributed by atoms with Gasteiger partial charge in [0.2, 0.25) is 5.91 Å². The predicted octanol–water partition coefficient (Wildman–Crippen LogP) is -0.627. The van der Waals surface area contributed by atoms with Crippen molar-refractivity contribution in [2.24, 2.45) is 5.73 Å². The molecular formula is C19H32N4O8. The highest BCUT2D eigenvalue weighted by molar-refractivity contribution is 6.22. The summed E-state index contributed by atoms with van der Waals surface area (Å²) in [5.41, 5.74) is 5.03. The molecule has 0 radical (unpaired) electrons. The molecular weight excluding hydrogens is 412 g/mol. The SMILES string of the molecule is C.CCCN.CCCNC(=O)C=CC(=O)NC(=O)OC.O=C1C=CC(=O)N1C(=O)CO. The van der Waals surface area contributed by atoms with Gasteiger partial charge in [0.1, 0.15) is 6.61 Å². The Bertz CT molecular complexity index is 654. The molecule has 0 aromatic carbocycles. The van der Waals surface area contributed by atoms with Gasteiger partial charge in [-0.3, -0.25) is 29.3 Å². The van der Waals surface area contributed by atoms with Crippen molar-refractivity contribution >= 4 is 35.6 Å². The Morgan fingerprint density at radius 3 is 1.94 bits per heavy atom. The minimum atomic E-state index is -0.898. The Kier molecular flexibility index (Phi) is 20.7. The van der Waals surface area contributed by atoms with Crippen LogP contribution >= 0.6 is 0 Å². The lowest BCUT2D eigenvalue weighted by Crippen LogP contribution is -2.38. The first-order valence-corrected chi connectivity index (χ1v) is 8.93. The lowest BCUT2D eigenvalue weighted by molar-refractivity contribution is -0.149. The lowest BCUT2D eigenvalue weighted by atomic mass is 10.4. The first-order valence-electron chi connectivity index (χ1n) is 8.93. The maximum atomic E-state index is 11.0. The van der Waals surface area contributed by atoms with Crippen LogP contribution in [-0.2, 0) is 28.7 Å². The number of amides is 6. The molecule has 1 rings (SSSR count). The minimum Gasteiger partial charge on any atom is -0.453 e. The van der Waals surface area contributed by atoms with Crippen LogP contribution in [0.3, 0.4) is 0 Å². The highest BCUT2D eigenvalue weighted by atomic mass is 16.5. The summed E-state index contributed by atoms with van der Waals surface area (Å²) in [5.74, 6) is -3.38. The number of aliphatic hydroxyl groups excluding tert-OH is 1. The second kappa shape index (κ2) is 19.9. The first-order chi connectivity index (χ1) is 14.2. The molecule has 176 valence electrons. The summed E-state index contributed by atoms with van der Waals surface area (Å²) in [7, 11) is 1.14. The molecule has 0 spiro atoms. The van der Waals surface area contributed by atoms with E-state index in [1.54, 1.807) is 0 Å². The van der Waals surface area contributed by atoms with E-state index in [-0.39, 0.29) is 13.3 Å². The summed E-state index contributed by atoms with van der Waals surface area (Å²) in [4.78, 5) is 64.8. The number of hydrogen-bond donors (Lipinski definition) is 4. The molecule has 0 saturated carbocycles. The van der Waals surface area contributed by atoms with Crippen molar-refractivity contribution in [1.82, 2.24) is 15.5 Å². The van der Waals surface area contributed by atoms with E-state index in [0.29, 0.717) is 11.4 Å². The summed E-state index contributed by atoms with van der Waals surface area (Å²) in [6, 6.07) is 0. The summed E-state index contributed by atoms with van der Waals surface area (Å²) in [6.07, 6.45) is 5.02. The van der Waals surface area contributed by atoms with Gasteiger partial charge in [-0.25, -0.2) is 9.69 Å². The summed E-state index contributed by atoms with van der Waals surface area (Å²) in [6.45, 7) is 4.49. The van der Waals surface area contributed by atoms with Gasteiger partial charge in [0, 0.05) is 30.8 Å². The average molecular weight is 444 g/mol. The van der Waals surface area contributed by atoms with Crippen LogP contribution < -0.4 is 16.4 Å². The largest absolute Gasteiger partial charge is 0.453 e. The number of methoxy groups -OCH3 is 1. The van der Waals surface area contributed by atoms with Crippen molar-refractivity contribution in [2.75, 3.05) is 26.8 Å². The van der Waals surface area contributed by atoms with Crippen LogP contribution in [-0.4, -0.2) is 72.4 Å². The van der Waals surface area contributed by atoms with Crippen LogP contribution in [0.5, 0.6) is 0 Å². The number of nitrogens with zero attached hydrogens (tertiary/aromatic N) is 1. The fraction of sp³-hybridized carbons (Fsp3) is 0.474. The second-order valence-electron chi connectivity index (χ2n) is 5.29. The van der Waals surface area contributed by atoms with Crippen molar-refractivity contribution in [1.29, 1.82) is 0 Å². The van der Waals surface area contributed by atoms with E-state index < -0.39 is 36.3 Å². The number of ether oxygens (including phenoxy) is 1. The van der Waals surface area contributed by atoms with Crippen LogP contribution in [0.25, 0.3) is 0 Å². The second-order valence-corrected chi connectivity index (χ2v) is 5.29. The zero-order valence-corrected chi connectivity index (χ0v) is 17.2. The van der Waals surface area contributed by atoms with Crippen LogP contribution in [0.15, 0.2) is 24.3 Å². The topological polar surface area (TPSA) is 185 Å². The maximum Gasteiger partial charge on any atom is 0.413 e. The van der Waals surface area contributed by atoms with Crippen LogP contribution in [0.4, 0.5) is 4.79 Å². The normalized spacial score (nSPS) is 11.5. The number of carbonyl (C=O) groups excluding carboxylic acids is 6. The number of nitrogens with two attached hydrogens (primary N) is 1. The average Bonchev–Trinajstić information content (AvgIpc) is 3.08. The van der Waals surface area contributed by atoms with Gasteiger partial charge >= 0.3 is 6.09 Å². The number of aliphatic hydroxyl groups is 1. The van der Waals surface area contributed by atoms with Crippen LogP contribution in [0.1, 0.15) is 34.1 Å². The number of nitrogens with one attached hydrogen (secondary N) is 2. The molecule has 31 heavy (non-hydrogen) atoms. The van der Waals surface area contributed by atoms with Gasteiger partial charge in [0.05, 0.1) is 7.11 Å². The molecule has 12 nitrogen and oxygen atoms in total. The highest BCUT2D eigenvalue weighted by Gasteiger charge is 2.28. The summed E-state index contributed by atoms with van der Waals surface area (Å²) in [5, 5.41) is 12.7. The summed E-state index contributed by atoms with van der Waals surface area (Å²) < 4.78 is 4.19. The molecule has 0 fully saturated rings. The van der Waals surface area contributed by atoms with Crippen molar-refractivity contribution in [3.63, 3.8) is 0 Å². The number of carbonyl (C=O) groups is 6. The van der Waals surface area contributed by atoms with E-state index in [1.807, 2.05) is 12.2 Å². The van der Waals surface area contributed by atoms with Crippen molar-refractivity contribution < 1.29 is 38.6 Å². The van der Waals surface area contributed by atoms with Gasteiger partial charge < -0.3 is 20.9 Å². The van der Waals surface area contributed by atoms with E-state index in [1.165, 1.54) is 0 Å². The third-order valence-corrected chi connectivity index (χ3v) is 2.83.